The van der Waals surface area contributed by atoms with Crippen LogP contribution in [0.3, 0.4) is 0 Å². The molecule has 0 saturated carbocycles. The zero-order chi connectivity index (χ0) is 21.0. The van der Waals surface area contributed by atoms with E-state index in [-0.39, 0.29) is 11.4 Å². The summed E-state index contributed by atoms with van der Waals surface area (Å²) < 4.78 is 11.4. The smallest absolute Gasteiger partial charge is 0.252 e. The molecule has 1 aliphatic heterocycles. The van der Waals surface area contributed by atoms with Crippen LogP contribution in [0.25, 0.3) is 22.8 Å². The molecule has 156 valence electrons. The number of benzene rings is 2. The third-order valence-corrected chi connectivity index (χ3v) is 5.51. The molecule has 0 aliphatic carbocycles. The van der Waals surface area contributed by atoms with Crippen molar-refractivity contribution in [3.8, 4) is 22.8 Å². The fourth-order valence-corrected chi connectivity index (χ4v) is 3.67. The third-order valence-electron chi connectivity index (χ3n) is 5.51. The van der Waals surface area contributed by atoms with E-state index in [4.69, 9.17) is 9.15 Å². The Labute approximate surface area is 176 Å². The number of oxazole rings is 1. The summed E-state index contributed by atoms with van der Waals surface area (Å²) in [5, 5.41) is 3.09. The lowest BCUT2D eigenvalue weighted by Crippen LogP contribution is -2.55. The molecule has 1 fully saturated rings. The van der Waals surface area contributed by atoms with E-state index in [2.05, 4.69) is 29.0 Å². The van der Waals surface area contributed by atoms with Crippen molar-refractivity contribution in [1.29, 1.82) is 0 Å². The van der Waals surface area contributed by atoms with Crippen molar-refractivity contribution in [2.75, 3.05) is 32.8 Å². The minimum atomic E-state index is -0.155. The Morgan fingerprint density at radius 3 is 2.53 bits per heavy atom. The molecule has 6 heteroatoms. The molecular weight excluding hydrogens is 378 g/mol. The lowest BCUT2D eigenvalue weighted by atomic mass is 10.0. The molecule has 1 saturated heterocycles. The van der Waals surface area contributed by atoms with E-state index in [0.29, 0.717) is 29.3 Å². The summed E-state index contributed by atoms with van der Waals surface area (Å²) in [6, 6.07) is 17.2. The molecule has 0 spiro atoms. The highest BCUT2D eigenvalue weighted by Gasteiger charge is 2.29. The van der Waals surface area contributed by atoms with Gasteiger partial charge in [-0.2, -0.15) is 0 Å². The second-order valence-electron chi connectivity index (χ2n) is 8.04. The molecule has 1 N–H and O–H groups in total. The first-order valence-electron chi connectivity index (χ1n) is 10.3. The molecule has 4 rings (SSSR count). The van der Waals surface area contributed by atoms with Crippen LogP contribution in [0.4, 0.5) is 0 Å². The molecule has 3 aromatic rings. The molecule has 2 heterocycles. The zero-order valence-electron chi connectivity index (χ0n) is 17.4. The molecule has 1 aliphatic rings. The van der Waals surface area contributed by atoms with Gasteiger partial charge in [0.15, 0.2) is 5.76 Å². The minimum absolute atomic E-state index is 0.133. The fraction of sp³-hybridized carbons (Fsp3) is 0.333. The number of nitrogens with zero attached hydrogens (tertiary/aromatic N) is 2. The number of carbonyl (C=O) groups is 1. The quantitative estimate of drug-likeness (QED) is 0.675. The van der Waals surface area contributed by atoms with Crippen LogP contribution in [0.5, 0.6) is 0 Å². The maximum atomic E-state index is 13.0. The largest absolute Gasteiger partial charge is 0.436 e. The molecule has 0 bridgehead atoms. The van der Waals surface area contributed by atoms with Crippen LogP contribution in [0.1, 0.15) is 24.2 Å². The average molecular weight is 405 g/mol. The number of morpholine rings is 1. The number of rotatable bonds is 6. The first-order chi connectivity index (χ1) is 14.5. The lowest BCUT2D eigenvalue weighted by molar-refractivity contribution is -0.00923. The summed E-state index contributed by atoms with van der Waals surface area (Å²) in [5.41, 5.74) is 2.03. The van der Waals surface area contributed by atoms with Crippen LogP contribution < -0.4 is 5.32 Å². The van der Waals surface area contributed by atoms with E-state index >= 15 is 0 Å². The van der Waals surface area contributed by atoms with Crippen LogP contribution >= 0.6 is 0 Å². The van der Waals surface area contributed by atoms with Crippen LogP contribution in [0.15, 0.2) is 65.2 Å². The Hall–Kier alpha value is -2.96. The molecule has 1 aromatic heterocycles. The number of hydrogen-bond donors (Lipinski definition) is 1. The SMILES string of the molecule is CC(C)(CNC(=O)c1ccccc1-c1ncc(-c2ccccc2)o1)N1CCOCC1. The first kappa shape index (κ1) is 20.3. The molecule has 0 radical (unpaired) electrons. The van der Waals surface area contributed by atoms with E-state index in [1.807, 2.05) is 48.5 Å². The predicted molar refractivity (Wildman–Crippen MR) is 116 cm³/mol. The topological polar surface area (TPSA) is 67.6 Å². The van der Waals surface area contributed by atoms with Crippen molar-refractivity contribution >= 4 is 5.91 Å². The Bertz CT molecular complexity index is 992. The van der Waals surface area contributed by atoms with Crippen molar-refractivity contribution in [1.82, 2.24) is 15.2 Å². The summed E-state index contributed by atoms with van der Waals surface area (Å²) in [5.74, 6) is 0.979. The maximum absolute atomic E-state index is 13.0. The van der Waals surface area contributed by atoms with Gasteiger partial charge in [0.2, 0.25) is 5.89 Å². The van der Waals surface area contributed by atoms with Crippen molar-refractivity contribution in [3.63, 3.8) is 0 Å². The van der Waals surface area contributed by atoms with Gasteiger partial charge in [-0.05, 0) is 26.0 Å². The monoisotopic (exact) mass is 405 g/mol. The summed E-state index contributed by atoms with van der Waals surface area (Å²) >= 11 is 0. The second kappa shape index (κ2) is 8.81. The van der Waals surface area contributed by atoms with Gasteiger partial charge in [-0.1, -0.05) is 42.5 Å². The predicted octanol–water partition coefficient (Wildman–Crippen LogP) is 3.85. The summed E-state index contributed by atoms with van der Waals surface area (Å²) in [6.07, 6.45) is 1.70. The minimum Gasteiger partial charge on any atom is -0.436 e. The Morgan fingerprint density at radius 1 is 1.07 bits per heavy atom. The average Bonchev–Trinajstić information content (AvgIpc) is 3.29. The molecule has 6 nitrogen and oxygen atoms in total. The fourth-order valence-electron chi connectivity index (χ4n) is 3.67. The van der Waals surface area contributed by atoms with Gasteiger partial charge in [-0.25, -0.2) is 4.98 Å². The highest BCUT2D eigenvalue weighted by Crippen LogP contribution is 2.28. The zero-order valence-corrected chi connectivity index (χ0v) is 17.4. The van der Waals surface area contributed by atoms with Gasteiger partial charge in [-0.15, -0.1) is 0 Å². The van der Waals surface area contributed by atoms with Gasteiger partial charge in [-0.3, -0.25) is 9.69 Å². The molecule has 0 unspecified atom stereocenters. The van der Waals surface area contributed by atoms with Crippen LogP contribution in [-0.4, -0.2) is 54.2 Å². The van der Waals surface area contributed by atoms with Crippen LogP contribution in [0, 0.1) is 0 Å². The number of carbonyl (C=O) groups excluding carboxylic acids is 1. The van der Waals surface area contributed by atoms with Crippen molar-refractivity contribution < 1.29 is 13.9 Å². The number of amides is 1. The van der Waals surface area contributed by atoms with Gasteiger partial charge >= 0.3 is 0 Å². The van der Waals surface area contributed by atoms with Crippen molar-refractivity contribution in [3.05, 3.63) is 66.4 Å². The maximum Gasteiger partial charge on any atom is 0.252 e. The van der Waals surface area contributed by atoms with Gasteiger partial charge in [0.25, 0.3) is 5.91 Å². The number of hydrogen-bond acceptors (Lipinski definition) is 5. The Morgan fingerprint density at radius 2 is 1.77 bits per heavy atom. The summed E-state index contributed by atoms with van der Waals surface area (Å²) in [6.45, 7) is 8.04. The van der Waals surface area contributed by atoms with Gasteiger partial charge in [0.05, 0.1) is 25.0 Å². The molecule has 2 aromatic carbocycles. The summed E-state index contributed by atoms with van der Waals surface area (Å²) in [4.78, 5) is 19.8. The van der Waals surface area contributed by atoms with Gasteiger partial charge in [0.1, 0.15) is 0 Å². The van der Waals surface area contributed by atoms with E-state index in [9.17, 15) is 4.79 Å². The van der Waals surface area contributed by atoms with Crippen LogP contribution in [0.2, 0.25) is 0 Å². The van der Waals surface area contributed by atoms with Gasteiger partial charge in [0, 0.05) is 36.3 Å². The van der Waals surface area contributed by atoms with Gasteiger partial charge < -0.3 is 14.5 Å². The van der Waals surface area contributed by atoms with E-state index in [0.717, 1.165) is 31.9 Å². The van der Waals surface area contributed by atoms with Crippen molar-refractivity contribution in [2.45, 2.75) is 19.4 Å². The molecule has 0 atom stereocenters. The van der Waals surface area contributed by atoms with E-state index in [1.54, 1.807) is 12.3 Å². The molecule has 1 amide bonds. The Kier molecular flexibility index (Phi) is 5.97. The third kappa shape index (κ3) is 4.45. The van der Waals surface area contributed by atoms with Crippen molar-refractivity contribution in [2.24, 2.45) is 0 Å². The van der Waals surface area contributed by atoms with Crippen LogP contribution in [-0.2, 0) is 4.74 Å². The van der Waals surface area contributed by atoms with E-state index in [1.165, 1.54) is 0 Å². The normalized spacial score (nSPS) is 15.1. The number of nitrogens with one attached hydrogen (secondary N) is 1. The number of aromatic nitrogens is 1. The number of ether oxygens (including phenoxy) is 1. The second-order valence-corrected chi connectivity index (χ2v) is 8.04. The lowest BCUT2D eigenvalue weighted by Gasteiger charge is -2.40. The summed E-state index contributed by atoms with van der Waals surface area (Å²) in [7, 11) is 0. The van der Waals surface area contributed by atoms with E-state index < -0.39 is 0 Å². The standard InChI is InChI=1S/C24H27N3O3/c1-24(2,27-12-14-29-15-13-27)17-26-22(28)19-10-6-7-11-20(19)23-25-16-21(30-23)18-8-4-3-5-9-18/h3-11,16H,12-15,17H2,1-2H3,(H,26,28). The highest BCUT2D eigenvalue weighted by atomic mass is 16.5. The highest BCUT2D eigenvalue weighted by molar-refractivity contribution is 6.00. The molecular formula is C24H27N3O3. The Balaban J connectivity index is 1.50. The first-order valence-corrected chi connectivity index (χ1v) is 10.3. The molecule has 30 heavy (non-hydrogen) atoms.